The van der Waals surface area contributed by atoms with Crippen molar-refractivity contribution in [2.45, 2.75) is 33.1 Å². The van der Waals surface area contributed by atoms with Gasteiger partial charge in [0.2, 0.25) is 0 Å². The lowest BCUT2D eigenvalue weighted by molar-refractivity contribution is 0.475. The van der Waals surface area contributed by atoms with Crippen LogP contribution < -0.4 is 20.7 Å². The minimum atomic E-state index is -2.84. The number of hydrogen-bond donors (Lipinski definition) is 1. The second kappa shape index (κ2) is 14.2. The number of phenolic OH excluding ortho intramolecular Hbond substituents is 1. The summed E-state index contributed by atoms with van der Waals surface area (Å²) in [6.45, 7) is 8.75. The van der Waals surface area contributed by atoms with Crippen LogP contribution in [0.1, 0.15) is 31.9 Å². The summed E-state index contributed by atoms with van der Waals surface area (Å²) >= 11 is 0. The Kier molecular flexibility index (Phi) is 8.98. The van der Waals surface area contributed by atoms with Gasteiger partial charge >= 0.3 is 0 Å². The van der Waals surface area contributed by atoms with Crippen LogP contribution in [0.5, 0.6) is 5.75 Å². The quantitative estimate of drug-likeness (QED) is 0.130. The lowest BCUT2D eigenvalue weighted by atomic mass is 9.86. The summed E-state index contributed by atoms with van der Waals surface area (Å²) in [5.41, 5.74) is 10.2. The number of aryl methyl sites for hydroxylation is 2. The molecule has 9 aromatic rings. The van der Waals surface area contributed by atoms with Crippen molar-refractivity contribution < 1.29 is 5.11 Å². The molecule has 0 unspecified atom stereocenters. The molecule has 0 saturated carbocycles. The Balaban J connectivity index is 1.28. The molecule has 4 nitrogen and oxygen atoms in total. The fraction of sp³-hybridized carbons (Fsp3) is 0.115. The molecule has 0 bridgehead atoms. The normalized spacial score (nSPS) is 12.0. The maximum Gasteiger partial charge on any atom is 0.179 e. The van der Waals surface area contributed by atoms with E-state index in [9.17, 15) is 5.11 Å². The van der Waals surface area contributed by atoms with Crippen molar-refractivity contribution in [3.05, 3.63) is 187 Å². The van der Waals surface area contributed by atoms with Crippen LogP contribution in [-0.4, -0.2) is 27.7 Å². The van der Waals surface area contributed by atoms with Crippen molar-refractivity contribution >= 4 is 50.8 Å². The van der Waals surface area contributed by atoms with E-state index < -0.39 is 8.07 Å². The molecule has 0 saturated heterocycles. The van der Waals surface area contributed by atoms with Crippen LogP contribution in [0.3, 0.4) is 0 Å². The number of nitrogens with zero attached hydrogens (tertiary/aromatic N) is 3. The van der Waals surface area contributed by atoms with Gasteiger partial charge < -0.3 is 9.67 Å². The molecule has 0 fully saturated rings. The Hall–Kier alpha value is -6.56. The molecule has 7 aromatic carbocycles. The third-order valence-corrected chi connectivity index (χ3v) is 16.4. The predicted octanol–water partition coefficient (Wildman–Crippen LogP) is 9.81. The molecule has 0 radical (unpaired) electrons. The van der Waals surface area contributed by atoms with Gasteiger partial charge in [0.15, 0.2) is 8.07 Å². The van der Waals surface area contributed by atoms with Crippen LogP contribution >= 0.6 is 0 Å². The van der Waals surface area contributed by atoms with Crippen molar-refractivity contribution in [3.63, 3.8) is 0 Å². The molecule has 0 amide bonds. The number of benzene rings is 7. The highest BCUT2D eigenvalue weighted by molar-refractivity contribution is 7.20. The van der Waals surface area contributed by atoms with Gasteiger partial charge in [0, 0.05) is 29.8 Å². The first-order valence-electron chi connectivity index (χ1n) is 19.6. The van der Waals surface area contributed by atoms with E-state index in [4.69, 9.17) is 9.97 Å². The summed E-state index contributed by atoms with van der Waals surface area (Å²) in [5, 5.41) is 17.6. The fourth-order valence-electron chi connectivity index (χ4n) is 8.61. The van der Waals surface area contributed by atoms with Gasteiger partial charge in [-0.15, -0.1) is 0 Å². The van der Waals surface area contributed by atoms with E-state index >= 15 is 0 Å². The lowest BCUT2D eigenvalue weighted by Gasteiger charge is -2.35. The number of pyridine rings is 1. The molecule has 0 aliphatic heterocycles. The Morgan fingerprint density at radius 2 is 1.14 bits per heavy atom. The van der Waals surface area contributed by atoms with Crippen LogP contribution in [0.15, 0.2) is 176 Å². The van der Waals surface area contributed by atoms with Crippen LogP contribution in [0, 0.1) is 6.92 Å². The van der Waals surface area contributed by atoms with Crippen LogP contribution in [-0.2, 0) is 12.5 Å². The zero-order chi connectivity index (χ0) is 39.3. The Morgan fingerprint density at radius 3 is 1.75 bits per heavy atom. The van der Waals surface area contributed by atoms with Crippen molar-refractivity contribution in [1.82, 2.24) is 14.5 Å². The van der Waals surface area contributed by atoms with Crippen molar-refractivity contribution in [2.75, 3.05) is 0 Å². The molecule has 5 heteroatoms. The van der Waals surface area contributed by atoms with Crippen molar-refractivity contribution in [2.24, 2.45) is 7.05 Å². The second-order valence-corrected chi connectivity index (χ2v) is 19.9. The average molecular weight is 756 g/mol. The first kappa shape index (κ1) is 36.1. The van der Waals surface area contributed by atoms with E-state index in [2.05, 4.69) is 190 Å². The zero-order valence-electron chi connectivity index (χ0n) is 33.0. The molecule has 0 spiro atoms. The van der Waals surface area contributed by atoms with E-state index in [-0.39, 0.29) is 11.2 Å². The molecule has 0 aliphatic carbocycles. The molecule has 0 atom stereocenters. The van der Waals surface area contributed by atoms with Gasteiger partial charge in [0.25, 0.3) is 0 Å². The second-order valence-electron chi connectivity index (χ2n) is 16.1. The maximum atomic E-state index is 11.1. The molecular formula is C52H45N3OSi. The Bertz CT molecular complexity index is 2820. The summed E-state index contributed by atoms with van der Waals surface area (Å²) in [5.74, 6) is 0.959. The van der Waals surface area contributed by atoms with Gasteiger partial charge in [0.05, 0.1) is 22.1 Å². The van der Waals surface area contributed by atoms with Gasteiger partial charge in [0.1, 0.15) is 11.6 Å². The van der Waals surface area contributed by atoms with Gasteiger partial charge in [-0.2, -0.15) is 0 Å². The number of aromatic nitrogens is 3. The average Bonchev–Trinajstić information content (AvgIpc) is 3.58. The van der Waals surface area contributed by atoms with Crippen molar-refractivity contribution in [1.29, 1.82) is 0 Å². The number of hydrogen-bond acceptors (Lipinski definition) is 3. The molecular weight excluding hydrogens is 711 g/mol. The first-order chi connectivity index (χ1) is 27.6. The largest absolute Gasteiger partial charge is 0.507 e. The van der Waals surface area contributed by atoms with E-state index in [1.807, 2.05) is 19.3 Å². The Labute approximate surface area is 335 Å². The molecule has 1 N–H and O–H groups in total. The third-order valence-electron chi connectivity index (χ3n) is 11.6. The van der Waals surface area contributed by atoms with Crippen LogP contribution in [0.2, 0.25) is 0 Å². The molecule has 2 aromatic heterocycles. The number of phenols is 1. The zero-order valence-corrected chi connectivity index (χ0v) is 34.0. The minimum Gasteiger partial charge on any atom is -0.507 e. The van der Waals surface area contributed by atoms with E-state index in [0.29, 0.717) is 0 Å². The summed E-state index contributed by atoms with van der Waals surface area (Å²) in [4.78, 5) is 10.3. The maximum absolute atomic E-state index is 11.1. The number of imidazole rings is 1. The third kappa shape index (κ3) is 6.16. The fourth-order valence-corrected chi connectivity index (χ4v) is 13.4. The van der Waals surface area contributed by atoms with Gasteiger partial charge in [-0.05, 0) is 85.7 Å². The molecule has 278 valence electrons. The SMILES string of the molecule is Cc1ccnc2c(-c3cccc(-c4cccc5c4nc(-c4cc(C(C)(C)C)ccc4O)n5C)c3)cc([Si](c3ccccc3)(c3ccccc3)c3ccccc3)cc12. The van der Waals surface area contributed by atoms with E-state index in [1.165, 1.54) is 26.3 Å². The highest BCUT2D eigenvalue weighted by Gasteiger charge is 2.42. The predicted molar refractivity (Wildman–Crippen MR) is 241 cm³/mol. The van der Waals surface area contributed by atoms with Crippen LogP contribution in [0.4, 0.5) is 0 Å². The number of rotatable bonds is 7. The summed E-state index contributed by atoms with van der Waals surface area (Å²) in [6, 6.07) is 61.3. The summed E-state index contributed by atoms with van der Waals surface area (Å²) in [6.07, 6.45) is 1.93. The highest BCUT2D eigenvalue weighted by atomic mass is 28.3. The first-order valence-corrected chi connectivity index (χ1v) is 21.6. The number of aromatic hydroxyl groups is 1. The number of fused-ring (bicyclic) bond motifs is 2. The van der Waals surface area contributed by atoms with Crippen molar-refractivity contribution in [3.8, 4) is 39.4 Å². The molecule has 9 rings (SSSR count). The highest BCUT2D eigenvalue weighted by Crippen LogP contribution is 2.38. The minimum absolute atomic E-state index is 0.0705. The Morgan fingerprint density at radius 1 is 0.544 bits per heavy atom. The summed E-state index contributed by atoms with van der Waals surface area (Å²) < 4.78 is 2.09. The number of para-hydroxylation sites is 1. The molecule has 0 aliphatic rings. The van der Waals surface area contributed by atoms with Gasteiger partial charge in [-0.1, -0.05) is 160 Å². The standard InChI is InChI=1S/C52H45N3OSi/c1-35-29-30-53-49-44(35)33-42(57(39-19-9-6-10-20-39,40-21-11-7-12-22-40)41-23-13-8-14-24-41)34-45(49)37-18-15-17-36(31-37)43-25-16-26-47-50(43)54-51(55(47)5)46-32-38(52(2,3)4)27-28-48(46)56/h6-34,56H,1-5H3. The monoisotopic (exact) mass is 755 g/mol. The van der Waals surface area contributed by atoms with E-state index in [0.717, 1.165) is 61.1 Å². The lowest BCUT2D eigenvalue weighted by Crippen LogP contribution is -2.74. The smallest absolute Gasteiger partial charge is 0.179 e. The summed E-state index contributed by atoms with van der Waals surface area (Å²) in [7, 11) is -0.806. The van der Waals surface area contributed by atoms with Crippen LogP contribution in [0.25, 0.3) is 55.6 Å². The van der Waals surface area contributed by atoms with E-state index in [1.54, 1.807) is 6.07 Å². The topological polar surface area (TPSA) is 50.9 Å². The van der Waals surface area contributed by atoms with Gasteiger partial charge in [-0.3, -0.25) is 4.98 Å². The van der Waals surface area contributed by atoms with Gasteiger partial charge in [-0.25, -0.2) is 4.98 Å². The molecule has 57 heavy (non-hydrogen) atoms. The molecule has 2 heterocycles.